The van der Waals surface area contributed by atoms with Gasteiger partial charge >= 0.3 is 0 Å². The van der Waals surface area contributed by atoms with Gasteiger partial charge in [0.25, 0.3) is 0 Å². The molecule has 106 valence electrons. The zero-order chi connectivity index (χ0) is 14.9. The summed E-state index contributed by atoms with van der Waals surface area (Å²) in [6, 6.07) is 4.51. The van der Waals surface area contributed by atoms with Crippen molar-refractivity contribution < 1.29 is 4.79 Å². The summed E-state index contributed by atoms with van der Waals surface area (Å²) in [7, 11) is 0. The van der Waals surface area contributed by atoms with Gasteiger partial charge in [0.05, 0.1) is 11.9 Å². The molecule has 1 aromatic carbocycles. The summed E-state index contributed by atoms with van der Waals surface area (Å²) >= 11 is 0. The first-order valence-electron chi connectivity index (χ1n) is 6.91. The van der Waals surface area contributed by atoms with Gasteiger partial charge in [0, 0.05) is 6.42 Å². The average Bonchev–Trinajstić information content (AvgIpc) is 2.80. The van der Waals surface area contributed by atoms with E-state index in [4.69, 9.17) is 0 Å². The first-order chi connectivity index (χ1) is 9.31. The molecule has 1 N–H and O–H groups in total. The largest absolute Gasteiger partial charge is 0.340 e. The van der Waals surface area contributed by atoms with Crippen LogP contribution in [0.25, 0.3) is 0 Å². The second-order valence-electron chi connectivity index (χ2n) is 6.42. The maximum absolute atomic E-state index is 10.7. The van der Waals surface area contributed by atoms with Crippen LogP contribution in [0.1, 0.15) is 59.3 Å². The third kappa shape index (κ3) is 2.98. The van der Waals surface area contributed by atoms with Crippen molar-refractivity contribution in [1.29, 1.82) is 0 Å². The molecule has 0 atom stereocenters. The number of imidazole rings is 1. The molecule has 2 aromatic rings. The number of aromatic amines is 1. The summed E-state index contributed by atoms with van der Waals surface area (Å²) in [6.45, 7) is 11.0. The minimum atomic E-state index is 0.156. The lowest BCUT2D eigenvalue weighted by atomic mass is 9.83. The Morgan fingerprint density at radius 1 is 1.20 bits per heavy atom. The highest BCUT2D eigenvalue weighted by Gasteiger charge is 2.16. The molecule has 0 amide bonds. The van der Waals surface area contributed by atoms with Crippen LogP contribution in [-0.4, -0.2) is 16.3 Å². The number of benzene rings is 1. The van der Waals surface area contributed by atoms with Crippen LogP contribution in [0.2, 0.25) is 0 Å². The highest BCUT2D eigenvalue weighted by atomic mass is 16.1. The van der Waals surface area contributed by atoms with Crippen LogP contribution in [0.5, 0.6) is 0 Å². The Balaban J connectivity index is 2.35. The number of nitrogens with one attached hydrogen (secondary N) is 1. The Kier molecular flexibility index (Phi) is 3.80. The molecule has 0 saturated heterocycles. The van der Waals surface area contributed by atoms with E-state index in [9.17, 15) is 4.79 Å². The molecule has 0 bridgehead atoms. The second kappa shape index (κ2) is 5.23. The molecule has 0 saturated carbocycles. The van der Waals surface area contributed by atoms with Crippen LogP contribution in [0.3, 0.4) is 0 Å². The van der Waals surface area contributed by atoms with Crippen LogP contribution in [-0.2, 0) is 11.8 Å². The smallest absolute Gasteiger partial charge is 0.167 e. The molecule has 0 radical (unpaired) electrons. The summed E-state index contributed by atoms with van der Waals surface area (Å²) in [5, 5.41) is 0. The molecule has 1 aromatic heterocycles. The Hall–Kier alpha value is -1.90. The number of hydrogen-bond acceptors (Lipinski definition) is 2. The normalized spacial score (nSPS) is 11.7. The van der Waals surface area contributed by atoms with E-state index in [2.05, 4.69) is 56.7 Å². The zero-order valence-corrected chi connectivity index (χ0v) is 12.9. The SMILES string of the molecule is Cc1cc(C(C)(C)C)cc(C)c1Cc1ncc(C=O)[nH]1. The Morgan fingerprint density at radius 3 is 2.25 bits per heavy atom. The molecule has 2 rings (SSSR count). The van der Waals surface area contributed by atoms with Gasteiger partial charge in [-0.3, -0.25) is 4.79 Å². The van der Waals surface area contributed by atoms with Crippen LogP contribution >= 0.6 is 0 Å². The van der Waals surface area contributed by atoms with E-state index >= 15 is 0 Å². The molecule has 3 heteroatoms. The molecule has 1 heterocycles. The molecule has 0 aliphatic rings. The quantitative estimate of drug-likeness (QED) is 0.864. The fourth-order valence-corrected chi connectivity index (χ4v) is 2.40. The number of carbonyl (C=O) groups excluding carboxylic acids is 1. The zero-order valence-electron chi connectivity index (χ0n) is 12.9. The fraction of sp³-hybridized carbons (Fsp3) is 0.412. The molecule has 0 spiro atoms. The number of aromatic nitrogens is 2. The van der Waals surface area contributed by atoms with Gasteiger partial charge in [-0.05, 0) is 41.5 Å². The maximum Gasteiger partial charge on any atom is 0.167 e. The fourth-order valence-electron chi connectivity index (χ4n) is 2.40. The second-order valence-corrected chi connectivity index (χ2v) is 6.42. The van der Waals surface area contributed by atoms with Crippen molar-refractivity contribution in [2.24, 2.45) is 0 Å². The van der Waals surface area contributed by atoms with Crippen molar-refractivity contribution >= 4 is 6.29 Å². The molecule has 3 nitrogen and oxygen atoms in total. The maximum atomic E-state index is 10.7. The van der Waals surface area contributed by atoms with Crippen molar-refractivity contribution in [2.45, 2.75) is 46.5 Å². The van der Waals surface area contributed by atoms with E-state index in [1.54, 1.807) is 6.20 Å². The van der Waals surface area contributed by atoms with Gasteiger partial charge in [-0.15, -0.1) is 0 Å². The van der Waals surface area contributed by atoms with E-state index in [0.29, 0.717) is 5.69 Å². The third-order valence-electron chi connectivity index (χ3n) is 3.68. The molecule has 0 unspecified atom stereocenters. The molecule has 0 aliphatic carbocycles. The first kappa shape index (κ1) is 14.5. The standard InChI is InChI=1S/C17H22N2O/c1-11-6-13(17(3,4)5)7-12(2)15(11)8-16-18-9-14(10-20)19-16/h6-7,9-10H,8H2,1-5H3,(H,18,19). The summed E-state index contributed by atoms with van der Waals surface area (Å²) in [5.74, 6) is 0.835. The van der Waals surface area contributed by atoms with E-state index < -0.39 is 0 Å². The third-order valence-corrected chi connectivity index (χ3v) is 3.68. The summed E-state index contributed by atoms with van der Waals surface area (Å²) in [5.41, 5.74) is 5.87. The van der Waals surface area contributed by atoms with Crippen LogP contribution in [0, 0.1) is 13.8 Å². The highest BCUT2D eigenvalue weighted by molar-refractivity contribution is 5.71. The van der Waals surface area contributed by atoms with Gasteiger partial charge in [0.2, 0.25) is 0 Å². The van der Waals surface area contributed by atoms with Gasteiger partial charge < -0.3 is 4.98 Å². The average molecular weight is 270 g/mol. The van der Waals surface area contributed by atoms with E-state index in [1.807, 2.05) is 0 Å². The number of H-pyrrole nitrogens is 1. The first-order valence-corrected chi connectivity index (χ1v) is 6.91. The highest BCUT2D eigenvalue weighted by Crippen LogP contribution is 2.27. The van der Waals surface area contributed by atoms with Gasteiger partial charge in [-0.25, -0.2) is 4.98 Å². The summed E-state index contributed by atoms with van der Waals surface area (Å²) < 4.78 is 0. The summed E-state index contributed by atoms with van der Waals surface area (Å²) in [4.78, 5) is 18.0. The lowest BCUT2D eigenvalue weighted by Crippen LogP contribution is -2.12. The lowest BCUT2D eigenvalue weighted by Gasteiger charge is -2.22. The number of rotatable bonds is 3. The number of aryl methyl sites for hydroxylation is 2. The molecule has 20 heavy (non-hydrogen) atoms. The van der Waals surface area contributed by atoms with E-state index in [-0.39, 0.29) is 5.41 Å². The predicted octanol–water partition coefficient (Wildman–Crippen LogP) is 3.73. The van der Waals surface area contributed by atoms with Crippen molar-refractivity contribution in [3.8, 4) is 0 Å². The summed E-state index contributed by atoms with van der Waals surface area (Å²) in [6.07, 6.45) is 3.10. The van der Waals surface area contributed by atoms with Crippen LogP contribution in [0.15, 0.2) is 18.3 Å². The van der Waals surface area contributed by atoms with Crippen LogP contribution in [0.4, 0.5) is 0 Å². The van der Waals surface area contributed by atoms with Crippen molar-refractivity contribution in [2.75, 3.05) is 0 Å². The monoisotopic (exact) mass is 270 g/mol. The predicted molar refractivity (Wildman–Crippen MR) is 81.4 cm³/mol. The van der Waals surface area contributed by atoms with Crippen molar-refractivity contribution in [3.63, 3.8) is 0 Å². The van der Waals surface area contributed by atoms with Gasteiger partial charge in [-0.2, -0.15) is 0 Å². The van der Waals surface area contributed by atoms with Crippen molar-refractivity contribution in [3.05, 3.63) is 52.1 Å². The van der Waals surface area contributed by atoms with Crippen molar-refractivity contribution in [1.82, 2.24) is 9.97 Å². The molecular formula is C17H22N2O. The topological polar surface area (TPSA) is 45.8 Å². The Bertz CT molecular complexity index is 610. The number of carbonyl (C=O) groups is 1. The molecular weight excluding hydrogens is 248 g/mol. The molecule has 0 aliphatic heterocycles. The minimum Gasteiger partial charge on any atom is -0.340 e. The van der Waals surface area contributed by atoms with E-state index in [0.717, 1.165) is 18.5 Å². The van der Waals surface area contributed by atoms with Gasteiger partial charge in [-0.1, -0.05) is 32.9 Å². The number of hydrogen-bond donors (Lipinski definition) is 1. The van der Waals surface area contributed by atoms with Gasteiger partial charge in [0.1, 0.15) is 5.82 Å². The number of aldehydes is 1. The minimum absolute atomic E-state index is 0.156. The Labute approximate surface area is 120 Å². The molecule has 0 fully saturated rings. The van der Waals surface area contributed by atoms with Crippen LogP contribution < -0.4 is 0 Å². The number of nitrogens with zero attached hydrogens (tertiary/aromatic N) is 1. The Morgan fingerprint density at radius 2 is 1.80 bits per heavy atom. The lowest BCUT2D eigenvalue weighted by molar-refractivity contribution is 0.111. The van der Waals surface area contributed by atoms with E-state index in [1.165, 1.54) is 22.3 Å². The van der Waals surface area contributed by atoms with Gasteiger partial charge in [0.15, 0.2) is 6.29 Å².